The molecule has 3 nitrogen and oxygen atoms in total. The second-order valence-electron chi connectivity index (χ2n) is 4.66. The van der Waals surface area contributed by atoms with Crippen molar-refractivity contribution < 1.29 is 4.74 Å². The number of hydrogen-bond acceptors (Lipinski definition) is 3. The van der Waals surface area contributed by atoms with Gasteiger partial charge in [-0.1, -0.05) is 6.07 Å². The van der Waals surface area contributed by atoms with Crippen molar-refractivity contribution in [3.05, 3.63) is 34.9 Å². The van der Waals surface area contributed by atoms with Crippen molar-refractivity contribution in [3.8, 4) is 6.07 Å². The molecular weight excluding hydrogens is 212 g/mol. The van der Waals surface area contributed by atoms with Gasteiger partial charge in [-0.25, -0.2) is 0 Å². The molecule has 0 radical (unpaired) electrons. The third-order valence-corrected chi connectivity index (χ3v) is 3.48. The summed E-state index contributed by atoms with van der Waals surface area (Å²) in [6, 6.07) is 8.59. The minimum absolute atomic E-state index is 0.439. The molecule has 17 heavy (non-hydrogen) atoms. The highest BCUT2D eigenvalue weighted by atomic mass is 16.5. The van der Waals surface area contributed by atoms with E-state index in [2.05, 4.69) is 18.3 Å². The first-order valence-electron chi connectivity index (χ1n) is 5.98. The molecule has 0 saturated heterocycles. The maximum absolute atomic E-state index is 8.80. The Morgan fingerprint density at radius 2 is 2.24 bits per heavy atom. The quantitative estimate of drug-likeness (QED) is 0.862. The summed E-state index contributed by atoms with van der Waals surface area (Å²) in [6.07, 6.45) is 2.65. The molecule has 2 rings (SSSR count). The van der Waals surface area contributed by atoms with Crippen LogP contribution in [0.3, 0.4) is 0 Å². The molecule has 1 fully saturated rings. The van der Waals surface area contributed by atoms with Crippen LogP contribution in [0.2, 0.25) is 0 Å². The molecular formula is C14H18N2O. The molecule has 1 aliphatic carbocycles. The van der Waals surface area contributed by atoms with Gasteiger partial charge in [0.15, 0.2) is 0 Å². The van der Waals surface area contributed by atoms with Gasteiger partial charge in [0.05, 0.1) is 17.7 Å². The average molecular weight is 230 g/mol. The zero-order valence-electron chi connectivity index (χ0n) is 10.4. The number of hydrogen-bond donors (Lipinski definition) is 1. The second kappa shape index (κ2) is 5.31. The van der Waals surface area contributed by atoms with E-state index in [0.717, 1.165) is 24.9 Å². The third-order valence-electron chi connectivity index (χ3n) is 3.48. The lowest BCUT2D eigenvalue weighted by atomic mass is 9.89. The highest BCUT2D eigenvalue weighted by Crippen LogP contribution is 2.23. The number of nitriles is 1. The van der Waals surface area contributed by atoms with E-state index >= 15 is 0 Å². The molecule has 1 saturated carbocycles. The molecule has 1 N–H and O–H groups in total. The van der Waals surface area contributed by atoms with Crippen LogP contribution in [0, 0.1) is 18.3 Å². The lowest BCUT2D eigenvalue weighted by Gasteiger charge is -2.35. The molecule has 1 aromatic carbocycles. The van der Waals surface area contributed by atoms with Gasteiger partial charge in [-0.2, -0.15) is 5.26 Å². The predicted octanol–water partition coefficient (Wildman–Crippen LogP) is 2.13. The van der Waals surface area contributed by atoms with Crippen molar-refractivity contribution in [2.45, 2.75) is 38.5 Å². The number of methoxy groups -OCH3 is 1. The van der Waals surface area contributed by atoms with E-state index < -0.39 is 0 Å². The number of nitrogens with one attached hydrogen (secondary N) is 1. The van der Waals surface area contributed by atoms with Gasteiger partial charge in [0.2, 0.25) is 0 Å². The number of aryl methyl sites for hydroxylation is 1. The second-order valence-corrected chi connectivity index (χ2v) is 4.66. The maximum atomic E-state index is 8.80. The van der Waals surface area contributed by atoms with Crippen LogP contribution in [-0.2, 0) is 11.3 Å². The van der Waals surface area contributed by atoms with Crippen molar-refractivity contribution in [3.63, 3.8) is 0 Å². The minimum atomic E-state index is 0.439. The molecule has 0 atom stereocenters. The smallest absolute Gasteiger partial charge is 0.0991 e. The van der Waals surface area contributed by atoms with Crippen LogP contribution in [-0.4, -0.2) is 19.3 Å². The van der Waals surface area contributed by atoms with E-state index in [1.165, 1.54) is 11.1 Å². The zero-order chi connectivity index (χ0) is 12.3. The van der Waals surface area contributed by atoms with Crippen LogP contribution in [0.5, 0.6) is 0 Å². The molecule has 90 valence electrons. The largest absolute Gasteiger partial charge is 0.381 e. The van der Waals surface area contributed by atoms with Gasteiger partial charge in [0.25, 0.3) is 0 Å². The summed E-state index contributed by atoms with van der Waals surface area (Å²) in [6.45, 7) is 2.93. The first kappa shape index (κ1) is 12.1. The van der Waals surface area contributed by atoms with Crippen molar-refractivity contribution >= 4 is 0 Å². The van der Waals surface area contributed by atoms with Crippen LogP contribution in [0.25, 0.3) is 0 Å². The fraction of sp³-hybridized carbons (Fsp3) is 0.500. The van der Waals surface area contributed by atoms with Crippen molar-refractivity contribution in [2.75, 3.05) is 7.11 Å². The fourth-order valence-corrected chi connectivity index (χ4v) is 2.14. The van der Waals surface area contributed by atoms with E-state index in [1.807, 2.05) is 18.2 Å². The first-order valence-corrected chi connectivity index (χ1v) is 5.98. The van der Waals surface area contributed by atoms with Crippen molar-refractivity contribution in [1.29, 1.82) is 5.26 Å². The van der Waals surface area contributed by atoms with E-state index in [9.17, 15) is 0 Å². The normalized spacial score (nSPS) is 22.9. The molecule has 1 aromatic rings. The van der Waals surface area contributed by atoms with E-state index in [1.54, 1.807) is 7.11 Å². The zero-order valence-corrected chi connectivity index (χ0v) is 10.4. The topological polar surface area (TPSA) is 45.0 Å². The molecule has 0 amide bonds. The molecule has 0 unspecified atom stereocenters. The monoisotopic (exact) mass is 230 g/mol. The molecule has 0 aromatic heterocycles. The number of benzene rings is 1. The number of ether oxygens (including phenoxy) is 1. The summed E-state index contributed by atoms with van der Waals surface area (Å²) < 4.78 is 5.25. The van der Waals surface area contributed by atoms with Gasteiger partial charge in [0, 0.05) is 19.7 Å². The lowest BCUT2D eigenvalue weighted by Crippen LogP contribution is -2.44. The van der Waals surface area contributed by atoms with Gasteiger partial charge in [-0.3, -0.25) is 0 Å². The molecule has 0 spiro atoms. The molecule has 1 aliphatic rings. The summed E-state index contributed by atoms with van der Waals surface area (Å²) in [4.78, 5) is 0. The SMILES string of the molecule is COC1CC(NCc2ccc(C#N)cc2C)C1. The van der Waals surface area contributed by atoms with Gasteiger partial charge < -0.3 is 10.1 Å². The highest BCUT2D eigenvalue weighted by Gasteiger charge is 2.28. The van der Waals surface area contributed by atoms with Gasteiger partial charge in [-0.05, 0) is 43.0 Å². The van der Waals surface area contributed by atoms with Crippen molar-refractivity contribution in [1.82, 2.24) is 5.32 Å². The van der Waals surface area contributed by atoms with E-state index in [-0.39, 0.29) is 0 Å². The van der Waals surface area contributed by atoms with Gasteiger partial charge >= 0.3 is 0 Å². The Morgan fingerprint density at radius 1 is 1.47 bits per heavy atom. The van der Waals surface area contributed by atoms with Crippen LogP contribution < -0.4 is 5.32 Å². The molecule has 0 aliphatic heterocycles. The average Bonchev–Trinajstić information content (AvgIpc) is 2.29. The van der Waals surface area contributed by atoms with E-state index in [4.69, 9.17) is 10.00 Å². The first-order chi connectivity index (χ1) is 8.22. The van der Waals surface area contributed by atoms with Gasteiger partial charge in [0.1, 0.15) is 0 Å². The standard InChI is InChI=1S/C14H18N2O/c1-10-5-11(8-15)3-4-12(10)9-16-13-6-14(7-13)17-2/h3-5,13-14,16H,6-7,9H2,1-2H3. The summed E-state index contributed by atoms with van der Waals surface area (Å²) in [5.41, 5.74) is 3.18. The predicted molar refractivity (Wildman–Crippen MR) is 66.6 cm³/mol. The Hall–Kier alpha value is -1.37. The Kier molecular flexibility index (Phi) is 3.78. The molecule has 0 heterocycles. The lowest BCUT2D eigenvalue weighted by molar-refractivity contribution is 0.0170. The summed E-state index contributed by atoms with van der Waals surface area (Å²) in [5.74, 6) is 0. The fourth-order valence-electron chi connectivity index (χ4n) is 2.14. The third kappa shape index (κ3) is 2.85. The highest BCUT2D eigenvalue weighted by molar-refractivity contribution is 5.37. The van der Waals surface area contributed by atoms with Crippen LogP contribution >= 0.6 is 0 Å². The Labute approximate surface area is 102 Å². The summed E-state index contributed by atoms with van der Waals surface area (Å²) >= 11 is 0. The molecule has 0 bridgehead atoms. The Balaban J connectivity index is 1.86. The molecule has 3 heteroatoms. The minimum Gasteiger partial charge on any atom is -0.381 e. The maximum Gasteiger partial charge on any atom is 0.0991 e. The van der Waals surface area contributed by atoms with Crippen molar-refractivity contribution in [2.24, 2.45) is 0 Å². The number of rotatable bonds is 4. The van der Waals surface area contributed by atoms with Crippen LogP contribution in [0.4, 0.5) is 0 Å². The van der Waals surface area contributed by atoms with E-state index in [0.29, 0.717) is 12.1 Å². The van der Waals surface area contributed by atoms with Crippen LogP contribution in [0.1, 0.15) is 29.5 Å². The Morgan fingerprint density at radius 3 is 2.82 bits per heavy atom. The summed E-state index contributed by atoms with van der Waals surface area (Å²) in [7, 11) is 1.77. The number of nitrogens with zero attached hydrogens (tertiary/aromatic N) is 1. The Bertz CT molecular complexity index is 430. The van der Waals surface area contributed by atoms with Gasteiger partial charge in [-0.15, -0.1) is 0 Å². The van der Waals surface area contributed by atoms with Crippen LogP contribution in [0.15, 0.2) is 18.2 Å². The summed E-state index contributed by atoms with van der Waals surface area (Å²) in [5, 5.41) is 12.3.